The van der Waals surface area contributed by atoms with Crippen molar-refractivity contribution in [3.05, 3.63) is 99.9 Å². The van der Waals surface area contributed by atoms with E-state index >= 15 is 0 Å². The van der Waals surface area contributed by atoms with Crippen molar-refractivity contribution in [3.8, 4) is 11.3 Å². The monoisotopic (exact) mass is 700 g/mol. The van der Waals surface area contributed by atoms with Gasteiger partial charge in [0.1, 0.15) is 0 Å². The minimum atomic E-state index is -0.0366. The Morgan fingerprint density at radius 3 is 2.13 bits per heavy atom. The number of pyridine rings is 1. The van der Waals surface area contributed by atoms with E-state index in [0.717, 1.165) is 17.2 Å². The van der Waals surface area contributed by atoms with Crippen molar-refractivity contribution in [3.63, 3.8) is 0 Å². The second-order valence-corrected chi connectivity index (χ2v) is 13.2. The van der Waals surface area contributed by atoms with E-state index in [9.17, 15) is 0 Å². The molecule has 1 saturated carbocycles. The van der Waals surface area contributed by atoms with Crippen LogP contribution in [0.3, 0.4) is 0 Å². The first-order chi connectivity index (χ1) is 17.7. The number of allylic oxidation sites excluding steroid dienone is 2. The predicted octanol–water partition coefficient (Wildman–Crippen LogP) is 8.21. The Labute approximate surface area is 247 Å². The summed E-state index contributed by atoms with van der Waals surface area (Å²) in [4.78, 5) is 13.4. The van der Waals surface area contributed by atoms with Crippen LogP contribution >= 0.6 is 0 Å². The molecule has 1 radical (unpaired) electrons. The van der Waals surface area contributed by atoms with Gasteiger partial charge >= 0.3 is 5.78 Å². The molecule has 4 heteroatoms. The topological polar surface area (TPSA) is 54.5 Å². The molecule has 39 heavy (non-hydrogen) atoms. The third kappa shape index (κ3) is 4.85. The Morgan fingerprint density at radius 2 is 1.59 bits per heavy atom. The molecule has 2 unspecified atom stereocenters. The average molecular weight is 700 g/mol. The first-order valence-electron chi connectivity index (χ1n) is 13.8. The molecule has 2 aromatic carbocycles. The van der Waals surface area contributed by atoms with Gasteiger partial charge in [-0.05, 0) is 75.8 Å². The molecule has 3 aromatic rings. The molecule has 207 valence electrons. The van der Waals surface area contributed by atoms with E-state index in [1.54, 1.807) is 0 Å². The van der Waals surface area contributed by atoms with Crippen molar-refractivity contribution < 1.29 is 30.0 Å². The summed E-state index contributed by atoms with van der Waals surface area (Å²) >= 11 is 0. The summed E-state index contributed by atoms with van der Waals surface area (Å²) in [7, 11) is 0. The molecule has 3 nitrogen and oxygen atoms in total. The summed E-state index contributed by atoms with van der Waals surface area (Å²) in [6, 6.07) is 19.5. The number of hydrogen-bond acceptors (Lipinski definition) is 2. The van der Waals surface area contributed by atoms with Crippen LogP contribution in [0.15, 0.2) is 60.5 Å². The predicted molar refractivity (Wildman–Crippen MR) is 157 cm³/mol. The largest absolute Gasteiger partial charge is 0.512 e. The van der Waals surface area contributed by atoms with E-state index in [0.29, 0.717) is 11.3 Å². The molecule has 1 fully saturated rings. The third-order valence-electron chi connectivity index (χ3n) is 9.60. The van der Waals surface area contributed by atoms with Gasteiger partial charge in [0.05, 0.1) is 18.8 Å². The van der Waals surface area contributed by atoms with Gasteiger partial charge in [-0.3, -0.25) is 4.79 Å². The molecule has 2 atom stereocenters. The number of ketones is 1. The third-order valence-corrected chi connectivity index (χ3v) is 9.60. The number of aliphatic hydroxyl groups is 1. The number of aromatic nitrogens is 1. The number of hydrogen-bond donors (Lipinski definition) is 1. The van der Waals surface area contributed by atoms with Gasteiger partial charge in [0.15, 0.2) is 0 Å². The van der Waals surface area contributed by atoms with Crippen LogP contribution in [0.4, 0.5) is 0 Å². The second kappa shape index (κ2) is 10.1. The Bertz CT molecular complexity index is 1460. The van der Waals surface area contributed by atoms with Gasteiger partial charge in [0.2, 0.25) is 0 Å². The van der Waals surface area contributed by atoms with Gasteiger partial charge in [-0.2, -0.15) is 0 Å². The van der Waals surface area contributed by atoms with E-state index in [-0.39, 0.29) is 42.5 Å². The minimum Gasteiger partial charge on any atom is -0.512 e. The molecular weight excluding hydrogens is 659 g/mol. The fourth-order valence-corrected chi connectivity index (χ4v) is 7.14. The van der Waals surface area contributed by atoms with Gasteiger partial charge < -0.3 is 10.1 Å². The molecule has 7 rings (SSSR count). The Kier molecular flexibility index (Phi) is 7.64. The zero-order chi connectivity index (χ0) is 27.6. The van der Waals surface area contributed by atoms with Gasteiger partial charge in [-0.25, -0.2) is 0 Å². The van der Waals surface area contributed by atoms with Gasteiger partial charge in [-0.15, -0.1) is 34.9 Å². The number of aliphatic hydroxyl groups excluding tert-OH is 1. The number of nitrogens with zero attached hydrogens (tertiary/aromatic N) is 1. The molecule has 4 aliphatic carbocycles. The second-order valence-electron chi connectivity index (χ2n) is 13.2. The number of rotatable bonds is 2. The fourth-order valence-electron chi connectivity index (χ4n) is 7.14. The summed E-state index contributed by atoms with van der Waals surface area (Å²) in [6.45, 7) is 17.3. The van der Waals surface area contributed by atoms with Crippen LogP contribution in [0, 0.1) is 17.4 Å². The summed E-state index contributed by atoms with van der Waals surface area (Å²) in [5.41, 5.74) is 11.3. The van der Waals surface area contributed by atoms with Gasteiger partial charge in [0, 0.05) is 26.3 Å². The van der Waals surface area contributed by atoms with E-state index in [2.05, 4.69) is 96.3 Å². The Balaban J connectivity index is 0.000000394. The number of fused-ring (bicyclic) bond motifs is 2. The van der Waals surface area contributed by atoms with Gasteiger partial charge in [0.25, 0.3) is 0 Å². The minimum absolute atomic E-state index is 0. The van der Waals surface area contributed by atoms with Crippen LogP contribution in [0.25, 0.3) is 11.3 Å². The molecule has 1 aromatic heterocycles. The maximum Gasteiger partial charge on any atom is 0.316 e. The van der Waals surface area contributed by atoms with Crippen molar-refractivity contribution in [2.45, 2.75) is 85.0 Å². The zero-order valence-corrected chi connectivity index (χ0v) is 26.8. The molecule has 0 aliphatic heterocycles. The van der Waals surface area contributed by atoms with Crippen molar-refractivity contribution in [1.82, 2.24) is 4.98 Å². The van der Waals surface area contributed by atoms with Crippen molar-refractivity contribution in [1.29, 1.82) is 0 Å². The van der Waals surface area contributed by atoms with Crippen molar-refractivity contribution in [2.75, 3.05) is 0 Å². The zero-order valence-electron chi connectivity index (χ0n) is 24.4. The van der Waals surface area contributed by atoms with E-state index in [1.165, 1.54) is 66.1 Å². The van der Waals surface area contributed by atoms with Crippen LogP contribution in [-0.2, 0) is 37.4 Å². The molecule has 4 aliphatic rings. The molecular formula is C35H41IrNO2. The van der Waals surface area contributed by atoms with Crippen LogP contribution in [0.2, 0.25) is 0 Å². The Morgan fingerprint density at radius 1 is 0.974 bits per heavy atom. The Hall–Kier alpha value is -2.55. The molecule has 0 amide bonds. The molecule has 2 N–H and O–H groups in total. The normalized spacial score (nSPS) is 22.4. The van der Waals surface area contributed by atoms with Gasteiger partial charge in [-0.1, -0.05) is 71.9 Å². The van der Waals surface area contributed by atoms with E-state index in [1.807, 2.05) is 0 Å². The summed E-state index contributed by atoms with van der Waals surface area (Å²) in [5.74, 6) is 1.76. The summed E-state index contributed by atoms with van der Waals surface area (Å²) in [6.07, 6.45) is 5.99. The van der Waals surface area contributed by atoms with E-state index in [4.69, 9.17) is 14.9 Å². The molecule has 0 spiro atoms. The summed E-state index contributed by atoms with van der Waals surface area (Å²) in [5, 5.41) is 8.40. The van der Waals surface area contributed by atoms with E-state index < -0.39 is 0 Å². The SMILES string of the molecule is CC(=[OH+])/C=C(/C)O.CC1(C)c2c[c-]c(-c3cc4c(cn3)C3CC(C4)C3(C)C)cc2C(C)(C)c2ccccc21.[Ir]. The van der Waals surface area contributed by atoms with Crippen molar-refractivity contribution >= 4 is 5.78 Å². The number of carbonyl (C=O) groups excluding carboxylic acids is 1. The van der Waals surface area contributed by atoms with Crippen molar-refractivity contribution in [2.24, 2.45) is 11.3 Å². The first-order valence-corrected chi connectivity index (χ1v) is 13.8. The smallest absolute Gasteiger partial charge is 0.316 e. The average Bonchev–Trinajstić information content (AvgIpc) is 2.86. The molecule has 0 saturated heterocycles. The van der Waals surface area contributed by atoms with Crippen LogP contribution in [0.1, 0.15) is 101 Å². The fraction of sp³-hybridized carbons (Fsp3) is 0.429. The maximum atomic E-state index is 8.40. The number of benzene rings is 2. The summed E-state index contributed by atoms with van der Waals surface area (Å²) < 4.78 is 0. The molecule has 1 heterocycles. The van der Waals surface area contributed by atoms with Crippen LogP contribution < -0.4 is 0 Å². The molecule has 2 bridgehead atoms. The van der Waals surface area contributed by atoms with Crippen LogP contribution in [-0.4, -0.2) is 20.7 Å². The quantitative estimate of drug-likeness (QED) is 0.127. The maximum absolute atomic E-state index is 8.40. The van der Waals surface area contributed by atoms with Crippen LogP contribution in [0.5, 0.6) is 0 Å². The first kappa shape index (κ1) is 29.4. The standard InChI is InChI=1S/C30H32N.C5H8O2.Ir/c1-28(2)20-13-19-15-27(31-17-21(19)25(28)16-20)18-11-12-24-26(14-18)30(5,6)23-10-8-7-9-22(23)29(24,3)4;1-4(6)3-5(2)7;/h7-10,12,14-15,17,20,25H,13,16H2,1-6H3;3,6H,1-2H3;/q-1;;/p+1/b;4-3-;.